The van der Waals surface area contributed by atoms with Gasteiger partial charge in [0.15, 0.2) is 6.29 Å². The molecule has 3 heteroatoms. The van der Waals surface area contributed by atoms with Gasteiger partial charge in [0.25, 0.3) is 0 Å². The molecule has 0 aliphatic rings. The quantitative estimate of drug-likeness (QED) is 0.813. The van der Waals surface area contributed by atoms with Gasteiger partial charge in [0.2, 0.25) is 0 Å². The van der Waals surface area contributed by atoms with E-state index in [-0.39, 0.29) is 0 Å². The molecule has 1 N–H and O–H groups in total. The molecule has 0 atom stereocenters. The fourth-order valence-corrected chi connectivity index (χ4v) is 1.71. The van der Waals surface area contributed by atoms with Gasteiger partial charge in [-0.05, 0) is 30.3 Å². The Kier molecular flexibility index (Phi) is 3.62. The first kappa shape index (κ1) is 11.5. The Bertz CT molecular complexity index is 506. The summed E-state index contributed by atoms with van der Waals surface area (Å²) in [6.45, 7) is 0.841. The van der Waals surface area contributed by atoms with Crippen LogP contribution in [0.15, 0.2) is 42.6 Å². The lowest BCUT2D eigenvalue weighted by Crippen LogP contribution is -2.04. The van der Waals surface area contributed by atoms with Crippen molar-refractivity contribution in [2.45, 2.75) is 6.54 Å². The fraction of sp³-hybridized carbons (Fsp3) is 0.143. The second kappa shape index (κ2) is 5.37. The summed E-state index contributed by atoms with van der Waals surface area (Å²) in [5.41, 5.74) is 3.82. The van der Waals surface area contributed by atoms with Gasteiger partial charge in [-0.3, -0.25) is 9.78 Å². The number of pyridine rings is 1. The van der Waals surface area contributed by atoms with Gasteiger partial charge in [0.1, 0.15) is 5.69 Å². The molecule has 0 unspecified atom stereocenters. The molecular weight excluding hydrogens is 212 g/mol. The molecule has 0 bridgehead atoms. The predicted molar refractivity (Wildman–Crippen MR) is 67.8 cm³/mol. The minimum atomic E-state index is 0.458. The maximum Gasteiger partial charge on any atom is 0.168 e. The Balaban J connectivity index is 2.31. The molecule has 2 rings (SSSR count). The molecule has 0 saturated heterocycles. The zero-order chi connectivity index (χ0) is 12.1. The van der Waals surface area contributed by atoms with Crippen molar-refractivity contribution < 1.29 is 4.79 Å². The van der Waals surface area contributed by atoms with Gasteiger partial charge in [-0.2, -0.15) is 0 Å². The highest BCUT2D eigenvalue weighted by Gasteiger charge is 2.00. The van der Waals surface area contributed by atoms with Gasteiger partial charge in [-0.15, -0.1) is 0 Å². The molecule has 2 aromatic rings. The largest absolute Gasteiger partial charge is 0.316 e. The van der Waals surface area contributed by atoms with E-state index >= 15 is 0 Å². The van der Waals surface area contributed by atoms with Crippen molar-refractivity contribution in [1.82, 2.24) is 10.3 Å². The average Bonchev–Trinajstić information content (AvgIpc) is 2.40. The van der Waals surface area contributed by atoms with E-state index in [1.165, 1.54) is 5.56 Å². The van der Waals surface area contributed by atoms with Crippen LogP contribution in [0.2, 0.25) is 0 Å². The summed E-state index contributed by atoms with van der Waals surface area (Å²) in [4.78, 5) is 14.6. The van der Waals surface area contributed by atoms with Crippen molar-refractivity contribution in [2.24, 2.45) is 0 Å². The lowest BCUT2D eigenvalue weighted by Gasteiger charge is -2.05. The smallest absolute Gasteiger partial charge is 0.168 e. The summed E-state index contributed by atoms with van der Waals surface area (Å²) < 4.78 is 0. The summed E-state index contributed by atoms with van der Waals surface area (Å²) in [7, 11) is 1.92. The molecule has 0 aliphatic carbocycles. The van der Waals surface area contributed by atoms with E-state index in [0.717, 1.165) is 24.0 Å². The average molecular weight is 226 g/mol. The minimum absolute atomic E-state index is 0.458. The number of carbonyl (C=O) groups excluding carboxylic acids is 1. The topological polar surface area (TPSA) is 42.0 Å². The molecule has 0 fully saturated rings. The Morgan fingerprint density at radius 1 is 1.24 bits per heavy atom. The number of rotatable bonds is 4. The monoisotopic (exact) mass is 226 g/mol. The van der Waals surface area contributed by atoms with Crippen molar-refractivity contribution in [2.75, 3.05) is 7.05 Å². The molecular formula is C14H14N2O. The zero-order valence-corrected chi connectivity index (χ0v) is 9.68. The number of aldehydes is 1. The Morgan fingerprint density at radius 3 is 2.76 bits per heavy atom. The van der Waals surface area contributed by atoms with Crippen molar-refractivity contribution in [3.8, 4) is 11.1 Å². The van der Waals surface area contributed by atoms with E-state index in [2.05, 4.69) is 22.4 Å². The Labute approximate surface area is 101 Å². The van der Waals surface area contributed by atoms with E-state index < -0.39 is 0 Å². The highest BCUT2D eigenvalue weighted by molar-refractivity contribution is 5.73. The van der Waals surface area contributed by atoms with Crippen molar-refractivity contribution in [1.29, 1.82) is 0 Å². The van der Waals surface area contributed by atoms with Crippen LogP contribution < -0.4 is 5.32 Å². The summed E-state index contributed by atoms with van der Waals surface area (Å²) in [5.74, 6) is 0. The molecule has 3 nitrogen and oxygen atoms in total. The third kappa shape index (κ3) is 2.77. The van der Waals surface area contributed by atoms with E-state index in [1.807, 2.05) is 25.2 Å². The van der Waals surface area contributed by atoms with E-state index in [0.29, 0.717) is 5.69 Å². The molecule has 0 aliphatic heterocycles. The molecule has 17 heavy (non-hydrogen) atoms. The second-order valence-corrected chi connectivity index (χ2v) is 3.82. The molecule has 1 aromatic carbocycles. The molecule has 0 spiro atoms. The third-order valence-electron chi connectivity index (χ3n) is 2.55. The van der Waals surface area contributed by atoms with Gasteiger partial charge >= 0.3 is 0 Å². The van der Waals surface area contributed by atoms with E-state index in [1.54, 1.807) is 12.3 Å². The maximum atomic E-state index is 10.5. The van der Waals surface area contributed by atoms with Gasteiger partial charge in [-0.1, -0.05) is 24.3 Å². The number of benzene rings is 1. The second-order valence-electron chi connectivity index (χ2n) is 3.82. The van der Waals surface area contributed by atoms with Crippen LogP contribution in [0, 0.1) is 0 Å². The minimum Gasteiger partial charge on any atom is -0.316 e. The van der Waals surface area contributed by atoms with Crippen molar-refractivity contribution in [3.63, 3.8) is 0 Å². The van der Waals surface area contributed by atoms with Crippen LogP contribution in [0.25, 0.3) is 11.1 Å². The summed E-state index contributed by atoms with van der Waals surface area (Å²) in [6.07, 6.45) is 2.48. The van der Waals surface area contributed by atoms with Gasteiger partial charge < -0.3 is 5.32 Å². The van der Waals surface area contributed by atoms with Gasteiger partial charge in [-0.25, -0.2) is 0 Å². The number of nitrogens with zero attached hydrogens (tertiary/aromatic N) is 1. The van der Waals surface area contributed by atoms with Crippen molar-refractivity contribution in [3.05, 3.63) is 53.9 Å². The van der Waals surface area contributed by atoms with Gasteiger partial charge in [0.05, 0.1) is 0 Å². The van der Waals surface area contributed by atoms with Crippen LogP contribution in [0.4, 0.5) is 0 Å². The number of nitrogens with one attached hydrogen (secondary N) is 1. The molecule has 0 saturated carbocycles. The Hall–Kier alpha value is -2.00. The first-order chi connectivity index (χ1) is 8.33. The van der Waals surface area contributed by atoms with Crippen LogP contribution in [0.3, 0.4) is 0 Å². The third-order valence-corrected chi connectivity index (χ3v) is 2.55. The van der Waals surface area contributed by atoms with Crippen LogP contribution in [-0.4, -0.2) is 18.3 Å². The lowest BCUT2D eigenvalue weighted by atomic mass is 10.0. The fourth-order valence-electron chi connectivity index (χ4n) is 1.71. The van der Waals surface area contributed by atoms with Crippen LogP contribution in [0.5, 0.6) is 0 Å². The van der Waals surface area contributed by atoms with Crippen LogP contribution >= 0.6 is 0 Å². The zero-order valence-electron chi connectivity index (χ0n) is 9.68. The standard InChI is InChI=1S/C14H14N2O/c1-15-8-11-3-2-4-12(7-11)13-5-6-14(10-17)16-9-13/h2-7,9-10,15H,8H2,1H3. The van der Waals surface area contributed by atoms with Crippen molar-refractivity contribution >= 4 is 6.29 Å². The molecule has 0 radical (unpaired) electrons. The number of hydrogen-bond acceptors (Lipinski definition) is 3. The summed E-state index contributed by atoms with van der Waals surface area (Å²) in [6, 6.07) is 11.9. The lowest BCUT2D eigenvalue weighted by molar-refractivity contribution is 0.111. The molecule has 86 valence electrons. The highest BCUT2D eigenvalue weighted by atomic mass is 16.1. The first-order valence-corrected chi connectivity index (χ1v) is 5.48. The Morgan fingerprint density at radius 2 is 2.12 bits per heavy atom. The number of hydrogen-bond donors (Lipinski definition) is 1. The van der Waals surface area contributed by atoms with Crippen LogP contribution in [-0.2, 0) is 6.54 Å². The van der Waals surface area contributed by atoms with E-state index in [9.17, 15) is 4.79 Å². The normalized spacial score (nSPS) is 10.2. The summed E-state index contributed by atoms with van der Waals surface area (Å²) >= 11 is 0. The molecule has 1 aromatic heterocycles. The highest BCUT2D eigenvalue weighted by Crippen LogP contribution is 2.19. The van der Waals surface area contributed by atoms with Gasteiger partial charge in [0, 0.05) is 18.3 Å². The van der Waals surface area contributed by atoms with Crippen LogP contribution in [0.1, 0.15) is 16.1 Å². The van der Waals surface area contributed by atoms with E-state index in [4.69, 9.17) is 0 Å². The molecule has 1 heterocycles. The molecule has 0 amide bonds. The SMILES string of the molecule is CNCc1cccc(-c2ccc(C=O)nc2)c1. The first-order valence-electron chi connectivity index (χ1n) is 5.48. The number of carbonyl (C=O) groups is 1. The maximum absolute atomic E-state index is 10.5. The predicted octanol–water partition coefficient (Wildman–Crippen LogP) is 2.28. The summed E-state index contributed by atoms with van der Waals surface area (Å²) in [5, 5.41) is 3.12. The number of aromatic nitrogens is 1.